The predicted molar refractivity (Wildman–Crippen MR) is 207 cm³/mol. The molecule has 1 spiro atoms. The molecule has 5 N–H and O–H groups in total. The molecule has 3 fully saturated rings. The molecule has 14 nitrogen and oxygen atoms in total. The molecule has 0 radical (unpaired) electrons. The number of aliphatic hydroxyl groups excluding tert-OH is 1. The topological polar surface area (TPSA) is 175 Å². The van der Waals surface area contributed by atoms with Crippen molar-refractivity contribution in [3.63, 3.8) is 0 Å². The van der Waals surface area contributed by atoms with Crippen LogP contribution in [0.2, 0.25) is 0 Å². The number of hydrogen-bond acceptors (Lipinski definition) is 14. The van der Waals surface area contributed by atoms with Crippen molar-refractivity contribution in [2.24, 2.45) is 0 Å². The lowest BCUT2D eigenvalue weighted by atomic mass is 9.75. The van der Waals surface area contributed by atoms with Gasteiger partial charge in [0.05, 0.1) is 36.7 Å². The van der Waals surface area contributed by atoms with Crippen molar-refractivity contribution in [1.82, 2.24) is 20.1 Å². The quantitative estimate of drug-likeness (QED) is 0.149. The summed E-state index contributed by atoms with van der Waals surface area (Å²) in [6.45, 7) is 7.05. The smallest absolute Gasteiger partial charge is 0.333 e. The zero-order valence-electron chi connectivity index (χ0n) is 32.2. The van der Waals surface area contributed by atoms with Gasteiger partial charge in [-0.1, -0.05) is 18.2 Å². The summed E-state index contributed by atoms with van der Waals surface area (Å²) in [5.74, 6) is 0.805. The van der Waals surface area contributed by atoms with Crippen LogP contribution in [0.25, 0.3) is 10.9 Å². The molecule has 3 aromatic carbocycles. The second-order valence-corrected chi connectivity index (χ2v) is 18.0. The molecule has 4 bridgehead atoms. The number of piperazine rings is 1. The Balaban J connectivity index is 1.19. The number of benzene rings is 3. The Kier molecular flexibility index (Phi) is 7.37. The van der Waals surface area contributed by atoms with E-state index in [2.05, 4.69) is 33.1 Å². The number of aromatic nitrogens is 1. The summed E-state index contributed by atoms with van der Waals surface area (Å²) >= 11 is 1.49. The summed E-state index contributed by atoms with van der Waals surface area (Å²) in [4.78, 5) is 36.0. The number of carbonyl (C=O) groups is 2. The average Bonchev–Trinajstić information content (AvgIpc) is 3.93. The van der Waals surface area contributed by atoms with Gasteiger partial charge in [0, 0.05) is 76.4 Å². The first-order chi connectivity index (χ1) is 27.3. The number of methoxy groups -OCH3 is 1. The second kappa shape index (κ2) is 11.8. The van der Waals surface area contributed by atoms with Crippen molar-refractivity contribution in [2.45, 2.75) is 86.8 Å². The van der Waals surface area contributed by atoms with Crippen molar-refractivity contribution in [2.75, 3.05) is 39.4 Å². The van der Waals surface area contributed by atoms with E-state index in [1.54, 1.807) is 7.11 Å². The van der Waals surface area contributed by atoms with Crippen LogP contribution < -0.4 is 24.3 Å². The van der Waals surface area contributed by atoms with Crippen LogP contribution in [0.4, 0.5) is 0 Å². The van der Waals surface area contributed by atoms with Gasteiger partial charge in [0.25, 0.3) is 0 Å². The number of aryl methyl sites for hydroxylation is 1. The minimum absolute atomic E-state index is 0.0578. The van der Waals surface area contributed by atoms with Crippen LogP contribution in [0, 0.1) is 13.8 Å². The van der Waals surface area contributed by atoms with Gasteiger partial charge in [0.15, 0.2) is 28.5 Å². The van der Waals surface area contributed by atoms with Gasteiger partial charge in [-0.3, -0.25) is 19.9 Å². The highest BCUT2D eigenvalue weighted by Crippen LogP contribution is 2.71. The normalized spacial score (nSPS) is 33.2. The highest BCUT2D eigenvalue weighted by molar-refractivity contribution is 7.99. The average molecular weight is 797 g/mol. The minimum Gasteiger partial charge on any atom is -0.504 e. The SMILES string of the molecule is COc1c(C)cc2c(c1O)[C@@H]1[C@@H]3[C@@H]4SC[C@]5(N[C@H](CO)Cc6c5[nH]c5ccccc65)C(=O)OC[C@@H](c5c6c(c(C)c(OC(C)=O)c54)OCO6)N3[C@@]3(O)CN1C2(C)C3. The molecule has 8 atom stereocenters. The number of aliphatic hydroxyl groups is 2. The Morgan fingerprint density at radius 2 is 1.89 bits per heavy atom. The molecular formula is C42H44N4O10S. The lowest BCUT2D eigenvalue weighted by Crippen LogP contribution is -2.67. The highest BCUT2D eigenvalue weighted by Gasteiger charge is 2.72. The van der Waals surface area contributed by atoms with Crippen molar-refractivity contribution in [3.8, 4) is 28.7 Å². The van der Waals surface area contributed by atoms with Gasteiger partial charge >= 0.3 is 11.9 Å². The number of aromatic hydroxyl groups is 1. The molecule has 1 aromatic heterocycles. The van der Waals surface area contributed by atoms with E-state index < -0.39 is 58.2 Å². The molecule has 0 aliphatic carbocycles. The highest BCUT2D eigenvalue weighted by atomic mass is 32.2. The van der Waals surface area contributed by atoms with Gasteiger partial charge in [0.1, 0.15) is 18.1 Å². The lowest BCUT2D eigenvalue weighted by molar-refractivity contribution is -0.196. The number of carbonyl (C=O) groups excluding carboxylic acids is 2. The third-order valence-corrected chi connectivity index (χ3v) is 15.3. The van der Waals surface area contributed by atoms with Gasteiger partial charge in [-0.15, -0.1) is 11.8 Å². The van der Waals surface area contributed by atoms with Gasteiger partial charge in [-0.05, 0) is 56.0 Å². The third kappa shape index (κ3) is 4.39. The van der Waals surface area contributed by atoms with E-state index in [-0.39, 0.29) is 38.1 Å². The van der Waals surface area contributed by atoms with Gasteiger partial charge in [0.2, 0.25) is 6.79 Å². The van der Waals surface area contributed by atoms with Crippen LogP contribution in [0.15, 0.2) is 30.3 Å². The zero-order chi connectivity index (χ0) is 39.5. The summed E-state index contributed by atoms with van der Waals surface area (Å²) in [7, 11) is 1.55. The standard InChI is InChI=1S/C42H44N4O10S/c1-18-10-24-27(32(49)33(18)52-5)30-31-37-29-28(36-35(54-17-55-36)19(2)34(29)56-20(3)48)26(46(31)41(51)14-40(24,4)45(30)15-41)13-53-39(50)42(16-57-37)38-23(11-21(12-47)44-42)22-8-6-7-9-25(22)43-38/h6-10,21,26,30-31,37,43-44,47,49,51H,11-17H2,1-5H3/t21-,26-,30+,31+,37+,40?,41-,42+/m0/s1. The minimum atomic E-state index is -1.42. The number of rotatable bonds is 3. The maximum Gasteiger partial charge on any atom is 0.333 e. The summed E-state index contributed by atoms with van der Waals surface area (Å²) in [6.07, 6.45) is 0.812. The fourth-order valence-corrected chi connectivity index (χ4v) is 13.5. The summed E-state index contributed by atoms with van der Waals surface area (Å²) < 4.78 is 30.8. The molecule has 0 saturated carbocycles. The van der Waals surface area contributed by atoms with Gasteiger partial charge in [-0.25, -0.2) is 4.79 Å². The van der Waals surface area contributed by atoms with Crippen LogP contribution in [0.1, 0.15) is 82.2 Å². The number of nitrogens with zero attached hydrogens (tertiary/aromatic N) is 2. The van der Waals surface area contributed by atoms with E-state index in [1.807, 2.05) is 38.1 Å². The Bertz CT molecular complexity index is 2470. The maximum atomic E-state index is 15.0. The molecule has 8 aliphatic heterocycles. The molecule has 3 saturated heterocycles. The summed E-state index contributed by atoms with van der Waals surface area (Å²) in [6, 6.07) is 7.71. The first-order valence-corrected chi connectivity index (χ1v) is 20.5. The number of nitrogens with one attached hydrogen (secondary N) is 2. The first-order valence-electron chi connectivity index (χ1n) is 19.5. The van der Waals surface area contributed by atoms with E-state index in [0.29, 0.717) is 58.2 Å². The number of thioether (sulfide) groups is 1. The Morgan fingerprint density at radius 1 is 1.11 bits per heavy atom. The molecule has 0 amide bonds. The van der Waals surface area contributed by atoms with Crippen LogP contribution in [-0.4, -0.2) is 99.3 Å². The number of aromatic amines is 1. The molecule has 8 aliphatic rings. The van der Waals surface area contributed by atoms with Crippen molar-refractivity contribution >= 4 is 34.6 Å². The number of hydrogen-bond donors (Lipinski definition) is 5. The molecule has 57 heavy (non-hydrogen) atoms. The van der Waals surface area contributed by atoms with Gasteiger partial charge < -0.3 is 44.0 Å². The largest absolute Gasteiger partial charge is 0.504 e. The molecule has 298 valence electrons. The molecule has 12 rings (SSSR count). The molecule has 15 heteroatoms. The van der Waals surface area contributed by atoms with E-state index in [1.165, 1.54) is 18.7 Å². The second-order valence-electron chi connectivity index (χ2n) is 16.9. The number of para-hydroxylation sites is 1. The number of phenolic OH excluding ortho intramolecular Hbond substituents is 1. The maximum absolute atomic E-state index is 15.0. The number of H-pyrrole nitrogens is 1. The summed E-state index contributed by atoms with van der Waals surface area (Å²) in [5.41, 5.74) is 3.39. The van der Waals surface area contributed by atoms with Crippen molar-refractivity contribution in [3.05, 3.63) is 75.0 Å². The molecule has 9 heterocycles. The molecule has 1 unspecified atom stereocenters. The Morgan fingerprint density at radius 3 is 2.67 bits per heavy atom. The van der Waals surface area contributed by atoms with Crippen molar-refractivity contribution < 1.29 is 48.6 Å². The number of phenols is 1. The number of esters is 2. The monoisotopic (exact) mass is 796 g/mol. The zero-order valence-corrected chi connectivity index (χ0v) is 33.0. The fourth-order valence-electron chi connectivity index (χ4n) is 11.8. The van der Waals surface area contributed by atoms with Crippen LogP contribution in [-0.2, 0) is 31.8 Å². The Labute approximate surface area is 332 Å². The summed E-state index contributed by atoms with van der Waals surface area (Å²) in [5, 5.41) is 39.9. The van der Waals surface area contributed by atoms with E-state index >= 15 is 4.79 Å². The lowest BCUT2D eigenvalue weighted by Gasteiger charge is -2.59. The third-order valence-electron chi connectivity index (χ3n) is 13.9. The van der Waals surface area contributed by atoms with Crippen LogP contribution in [0.5, 0.6) is 28.7 Å². The van der Waals surface area contributed by atoms with Crippen LogP contribution in [0.3, 0.4) is 0 Å². The van der Waals surface area contributed by atoms with E-state index in [0.717, 1.165) is 33.2 Å². The number of fused-ring (bicyclic) bond motifs is 11. The predicted octanol–water partition coefficient (Wildman–Crippen LogP) is 3.99. The van der Waals surface area contributed by atoms with Crippen molar-refractivity contribution in [1.29, 1.82) is 0 Å². The van der Waals surface area contributed by atoms with Crippen LogP contribution >= 0.6 is 11.8 Å². The number of ether oxygens (including phenoxy) is 5. The fraction of sp³-hybridized carbons (Fsp3) is 0.476. The van der Waals surface area contributed by atoms with E-state index in [9.17, 15) is 20.1 Å². The first kappa shape index (κ1) is 35.6. The molecular weight excluding hydrogens is 753 g/mol. The molecule has 4 aromatic rings. The van der Waals surface area contributed by atoms with Gasteiger partial charge in [-0.2, -0.15) is 0 Å². The van der Waals surface area contributed by atoms with E-state index in [4.69, 9.17) is 23.7 Å². The Hall–Kier alpha value is -4.51.